The Balaban J connectivity index is 2.26. The molecule has 1 atom stereocenters. The van der Waals surface area contributed by atoms with Gasteiger partial charge in [-0.05, 0) is 35.9 Å². The van der Waals surface area contributed by atoms with Gasteiger partial charge in [0.2, 0.25) is 0 Å². The van der Waals surface area contributed by atoms with Gasteiger partial charge in [-0.1, -0.05) is 19.1 Å². The maximum atomic E-state index is 4.00. The summed E-state index contributed by atoms with van der Waals surface area (Å²) in [5.74, 6) is 0.776. The van der Waals surface area contributed by atoms with Crippen molar-refractivity contribution < 1.29 is 0 Å². The fourth-order valence-electron chi connectivity index (χ4n) is 1.61. The summed E-state index contributed by atoms with van der Waals surface area (Å²) in [5.41, 5.74) is 2.12. The zero-order valence-corrected chi connectivity index (χ0v) is 10.4. The number of hydrogen-bond donors (Lipinski definition) is 1. The van der Waals surface area contributed by atoms with Crippen molar-refractivity contribution in [3.8, 4) is 11.4 Å². The number of hydrogen-bond acceptors (Lipinski definition) is 4. The Kier molecular flexibility index (Phi) is 3.37. The zero-order chi connectivity index (χ0) is 12.3. The van der Waals surface area contributed by atoms with E-state index in [9.17, 15) is 0 Å². The molecule has 0 aliphatic heterocycles. The van der Waals surface area contributed by atoms with Crippen molar-refractivity contribution in [1.82, 2.24) is 20.2 Å². The monoisotopic (exact) mass is 231 g/mol. The van der Waals surface area contributed by atoms with Gasteiger partial charge in [-0.2, -0.15) is 0 Å². The molecule has 1 heterocycles. The van der Waals surface area contributed by atoms with E-state index in [4.69, 9.17) is 0 Å². The SMILES string of the molecule is CCC(C)Nc1cccc(-c2nnnn2C)c1. The number of anilines is 1. The molecule has 0 saturated carbocycles. The minimum atomic E-state index is 0.461. The fraction of sp³-hybridized carbons (Fsp3) is 0.417. The highest BCUT2D eigenvalue weighted by Gasteiger charge is 2.06. The Morgan fingerprint density at radius 3 is 2.88 bits per heavy atom. The highest BCUT2D eigenvalue weighted by atomic mass is 15.5. The van der Waals surface area contributed by atoms with E-state index < -0.39 is 0 Å². The lowest BCUT2D eigenvalue weighted by Crippen LogP contribution is -2.13. The lowest BCUT2D eigenvalue weighted by Gasteiger charge is -2.13. The van der Waals surface area contributed by atoms with E-state index in [-0.39, 0.29) is 0 Å². The third kappa shape index (κ3) is 2.61. The number of aromatic nitrogens is 4. The number of nitrogens with one attached hydrogen (secondary N) is 1. The Labute approximate surface area is 101 Å². The highest BCUT2D eigenvalue weighted by Crippen LogP contribution is 2.20. The van der Waals surface area contributed by atoms with E-state index >= 15 is 0 Å². The van der Waals surface area contributed by atoms with Gasteiger partial charge in [0.25, 0.3) is 0 Å². The molecule has 1 N–H and O–H groups in total. The van der Waals surface area contributed by atoms with Gasteiger partial charge in [0.05, 0.1) is 0 Å². The van der Waals surface area contributed by atoms with Gasteiger partial charge in [0, 0.05) is 24.3 Å². The second-order valence-electron chi connectivity index (χ2n) is 4.16. The van der Waals surface area contributed by atoms with Crippen LogP contribution in [0.3, 0.4) is 0 Å². The van der Waals surface area contributed by atoms with Gasteiger partial charge in [0.1, 0.15) is 0 Å². The van der Waals surface area contributed by atoms with Gasteiger partial charge >= 0.3 is 0 Å². The van der Waals surface area contributed by atoms with E-state index in [1.165, 1.54) is 0 Å². The molecule has 5 nitrogen and oxygen atoms in total. The van der Waals surface area contributed by atoms with Gasteiger partial charge < -0.3 is 5.32 Å². The third-order valence-corrected chi connectivity index (χ3v) is 2.77. The van der Waals surface area contributed by atoms with Crippen molar-refractivity contribution >= 4 is 5.69 Å². The van der Waals surface area contributed by atoms with Crippen LogP contribution in [0.2, 0.25) is 0 Å². The normalized spacial score (nSPS) is 12.4. The second-order valence-corrected chi connectivity index (χ2v) is 4.16. The first-order valence-corrected chi connectivity index (χ1v) is 5.80. The Morgan fingerprint density at radius 2 is 2.24 bits per heavy atom. The molecule has 0 radical (unpaired) electrons. The summed E-state index contributed by atoms with van der Waals surface area (Å²) in [6.45, 7) is 4.32. The van der Waals surface area contributed by atoms with Crippen LogP contribution < -0.4 is 5.32 Å². The summed E-state index contributed by atoms with van der Waals surface area (Å²) in [6, 6.07) is 8.60. The van der Waals surface area contributed by atoms with Crippen molar-refractivity contribution in [3.05, 3.63) is 24.3 Å². The molecule has 1 unspecified atom stereocenters. The number of tetrazole rings is 1. The predicted octanol–water partition coefficient (Wildman–Crippen LogP) is 2.09. The molecule has 2 rings (SSSR count). The molecule has 0 saturated heterocycles. The van der Waals surface area contributed by atoms with E-state index in [2.05, 4.69) is 46.8 Å². The van der Waals surface area contributed by atoms with E-state index in [0.717, 1.165) is 23.5 Å². The standard InChI is InChI=1S/C12H17N5/c1-4-9(2)13-11-7-5-6-10(8-11)12-14-15-16-17(12)3/h5-9,13H,4H2,1-3H3. The fourth-order valence-corrected chi connectivity index (χ4v) is 1.61. The molecule has 0 fully saturated rings. The van der Waals surface area contributed by atoms with Crippen LogP contribution in [-0.2, 0) is 7.05 Å². The minimum Gasteiger partial charge on any atom is -0.383 e. The molecule has 1 aromatic heterocycles. The van der Waals surface area contributed by atoms with Crippen molar-refractivity contribution in [2.45, 2.75) is 26.3 Å². The first-order valence-electron chi connectivity index (χ1n) is 5.80. The molecule has 90 valence electrons. The third-order valence-electron chi connectivity index (χ3n) is 2.77. The van der Waals surface area contributed by atoms with Crippen LogP contribution in [0.25, 0.3) is 11.4 Å². The maximum Gasteiger partial charge on any atom is 0.181 e. The number of benzene rings is 1. The summed E-state index contributed by atoms with van der Waals surface area (Å²) < 4.78 is 1.67. The molecule has 1 aromatic carbocycles. The van der Waals surface area contributed by atoms with Crippen molar-refractivity contribution in [1.29, 1.82) is 0 Å². The molecular formula is C12H17N5. The molecule has 0 aliphatic carbocycles. The highest BCUT2D eigenvalue weighted by molar-refractivity contribution is 5.62. The van der Waals surface area contributed by atoms with Crippen molar-refractivity contribution in [2.75, 3.05) is 5.32 Å². The second kappa shape index (κ2) is 4.95. The lowest BCUT2D eigenvalue weighted by atomic mass is 10.1. The predicted molar refractivity (Wildman–Crippen MR) is 67.6 cm³/mol. The van der Waals surface area contributed by atoms with Crippen molar-refractivity contribution in [2.24, 2.45) is 7.05 Å². The smallest absolute Gasteiger partial charge is 0.181 e. The van der Waals surface area contributed by atoms with E-state index in [0.29, 0.717) is 6.04 Å². The van der Waals surface area contributed by atoms with Crippen LogP contribution in [-0.4, -0.2) is 26.2 Å². The zero-order valence-electron chi connectivity index (χ0n) is 10.4. The summed E-state index contributed by atoms with van der Waals surface area (Å²) in [4.78, 5) is 0. The average Bonchev–Trinajstić information content (AvgIpc) is 2.75. The maximum absolute atomic E-state index is 4.00. The molecule has 17 heavy (non-hydrogen) atoms. The summed E-state index contributed by atoms with van der Waals surface area (Å²) >= 11 is 0. The Hall–Kier alpha value is -1.91. The van der Waals surface area contributed by atoms with Crippen LogP contribution >= 0.6 is 0 Å². The van der Waals surface area contributed by atoms with Gasteiger partial charge in [0.15, 0.2) is 5.82 Å². The molecule has 0 amide bonds. The van der Waals surface area contributed by atoms with E-state index in [1.54, 1.807) is 4.68 Å². The largest absolute Gasteiger partial charge is 0.383 e. The van der Waals surface area contributed by atoms with Gasteiger partial charge in [-0.15, -0.1) is 5.10 Å². The molecule has 2 aromatic rings. The lowest BCUT2D eigenvalue weighted by molar-refractivity contribution is 0.714. The van der Waals surface area contributed by atoms with Gasteiger partial charge in [-0.25, -0.2) is 4.68 Å². The molecule has 0 aliphatic rings. The van der Waals surface area contributed by atoms with Crippen LogP contribution in [0.1, 0.15) is 20.3 Å². The molecule has 5 heteroatoms. The van der Waals surface area contributed by atoms with Gasteiger partial charge in [-0.3, -0.25) is 0 Å². The first kappa shape index (κ1) is 11.6. The summed E-state index contributed by atoms with van der Waals surface area (Å²) in [6.07, 6.45) is 1.09. The molecular weight excluding hydrogens is 214 g/mol. The molecule has 0 bridgehead atoms. The minimum absolute atomic E-state index is 0.461. The van der Waals surface area contributed by atoms with E-state index in [1.807, 2.05) is 19.2 Å². The Morgan fingerprint density at radius 1 is 1.41 bits per heavy atom. The van der Waals surface area contributed by atoms with Crippen LogP contribution in [0.15, 0.2) is 24.3 Å². The number of rotatable bonds is 4. The summed E-state index contributed by atoms with van der Waals surface area (Å²) in [5, 5.41) is 14.9. The van der Waals surface area contributed by atoms with Crippen LogP contribution in [0.5, 0.6) is 0 Å². The number of nitrogens with zero attached hydrogens (tertiary/aromatic N) is 4. The van der Waals surface area contributed by atoms with Crippen LogP contribution in [0.4, 0.5) is 5.69 Å². The first-order chi connectivity index (χ1) is 8.20. The average molecular weight is 231 g/mol. The topological polar surface area (TPSA) is 55.6 Å². The Bertz CT molecular complexity index is 491. The van der Waals surface area contributed by atoms with Crippen molar-refractivity contribution in [3.63, 3.8) is 0 Å². The quantitative estimate of drug-likeness (QED) is 0.875. The summed E-state index contributed by atoms with van der Waals surface area (Å²) in [7, 11) is 1.84. The van der Waals surface area contributed by atoms with Crippen LogP contribution in [0, 0.1) is 0 Å². The number of aryl methyl sites for hydroxylation is 1. The molecule has 0 spiro atoms.